The molecule has 0 aliphatic carbocycles. The van der Waals surface area contributed by atoms with Crippen LogP contribution in [-0.2, 0) is 14.8 Å². The van der Waals surface area contributed by atoms with Crippen LogP contribution in [0.15, 0.2) is 53.4 Å². The van der Waals surface area contributed by atoms with Crippen molar-refractivity contribution in [3.05, 3.63) is 54.1 Å². The van der Waals surface area contributed by atoms with Crippen molar-refractivity contribution in [3.63, 3.8) is 0 Å². The van der Waals surface area contributed by atoms with Crippen molar-refractivity contribution in [2.45, 2.75) is 24.7 Å². The molecule has 6 nitrogen and oxygen atoms in total. The quantitative estimate of drug-likeness (QED) is 0.574. The predicted octanol–water partition coefficient (Wildman–Crippen LogP) is 3.45. The van der Waals surface area contributed by atoms with Crippen LogP contribution >= 0.6 is 0 Å². The Hall–Kier alpha value is -2.54. The van der Waals surface area contributed by atoms with E-state index in [1.807, 2.05) is 6.92 Å². The molecule has 0 radical (unpaired) electrons. The van der Waals surface area contributed by atoms with Crippen LogP contribution in [0.25, 0.3) is 0 Å². The van der Waals surface area contributed by atoms with Crippen LogP contribution in [0, 0.1) is 0 Å². The number of carbonyl (C=O) groups excluding carboxylic acids is 1. The first-order valence-electron chi connectivity index (χ1n) is 7.90. The van der Waals surface area contributed by atoms with Crippen molar-refractivity contribution in [3.8, 4) is 5.75 Å². The maximum atomic E-state index is 12.4. The number of sulfonamides is 1. The maximum Gasteiger partial charge on any atom is 0.338 e. The molecule has 0 aliphatic heterocycles. The Bertz CT molecular complexity index is 798. The van der Waals surface area contributed by atoms with E-state index in [2.05, 4.69) is 4.72 Å². The number of ether oxygens (including phenoxy) is 2. The molecule has 2 aromatic carbocycles. The molecule has 134 valence electrons. The second-order valence-electron chi connectivity index (χ2n) is 5.35. The van der Waals surface area contributed by atoms with Crippen molar-refractivity contribution in [2.75, 3.05) is 18.4 Å². The predicted molar refractivity (Wildman–Crippen MR) is 95.4 cm³/mol. The highest BCUT2D eigenvalue weighted by Gasteiger charge is 2.15. The molecule has 0 atom stereocenters. The average Bonchev–Trinajstić information content (AvgIpc) is 2.62. The van der Waals surface area contributed by atoms with Gasteiger partial charge in [0.2, 0.25) is 0 Å². The third kappa shape index (κ3) is 5.22. The average molecular weight is 363 g/mol. The monoisotopic (exact) mass is 363 g/mol. The molecule has 7 heteroatoms. The van der Waals surface area contributed by atoms with Gasteiger partial charge in [-0.05, 0) is 55.0 Å². The summed E-state index contributed by atoms with van der Waals surface area (Å²) in [6, 6.07) is 12.2. The van der Waals surface area contributed by atoms with Crippen LogP contribution in [0.2, 0.25) is 0 Å². The molecule has 0 unspecified atom stereocenters. The normalized spacial score (nSPS) is 11.0. The largest absolute Gasteiger partial charge is 0.497 e. The van der Waals surface area contributed by atoms with E-state index in [0.717, 1.165) is 12.8 Å². The van der Waals surface area contributed by atoms with Crippen LogP contribution < -0.4 is 9.46 Å². The molecule has 0 bridgehead atoms. The molecule has 1 N–H and O–H groups in total. The number of benzene rings is 2. The van der Waals surface area contributed by atoms with Crippen molar-refractivity contribution in [1.29, 1.82) is 0 Å². The number of rotatable bonds is 8. The number of methoxy groups -OCH3 is 1. The summed E-state index contributed by atoms with van der Waals surface area (Å²) in [5.41, 5.74) is 0.740. The van der Waals surface area contributed by atoms with Gasteiger partial charge in [-0.15, -0.1) is 0 Å². The topological polar surface area (TPSA) is 81.7 Å². The first-order valence-corrected chi connectivity index (χ1v) is 9.38. The zero-order valence-corrected chi connectivity index (χ0v) is 15.0. The lowest BCUT2D eigenvalue weighted by molar-refractivity contribution is 0.0500. The van der Waals surface area contributed by atoms with Gasteiger partial charge in [-0.25, -0.2) is 13.2 Å². The Morgan fingerprint density at radius 1 is 1.04 bits per heavy atom. The van der Waals surface area contributed by atoms with Gasteiger partial charge in [-0.1, -0.05) is 13.3 Å². The van der Waals surface area contributed by atoms with Gasteiger partial charge in [0.05, 0.1) is 24.2 Å². The molecule has 0 spiro atoms. The summed E-state index contributed by atoms with van der Waals surface area (Å²) in [6.07, 6.45) is 1.75. The molecule has 2 aromatic rings. The van der Waals surface area contributed by atoms with Gasteiger partial charge < -0.3 is 9.47 Å². The number of anilines is 1. The molecule has 0 amide bonds. The van der Waals surface area contributed by atoms with Gasteiger partial charge >= 0.3 is 5.97 Å². The minimum Gasteiger partial charge on any atom is -0.497 e. The number of carbonyl (C=O) groups is 1. The summed E-state index contributed by atoms with van der Waals surface area (Å²) < 4.78 is 37.3. The summed E-state index contributed by atoms with van der Waals surface area (Å²) in [6.45, 7) is 2.39. The highest BCUT2D eigenvalue weighted by molar-refractivity contribution is 7.92. The summed E-state index contributed by atoms with van der Waals surface area (Å²) in [4.78, 5) is 11.9. The van der Waals surface area contributed by atoms with Crippen molar-refractivity contribution in [2.24, 2.45) is 0 Å². The number of nitrogens with one attached hydrogen (secondary N) is 1. The van der Waals surface area contributed by atoms with Gasteiger partial charge in [0.15, 0.2) is 0 Å². The highest BCUT2D eigenvalue weighted by Crippen LogP contribution is 2.19. The molecule has 0 saturated heterocycles. The van der Waals surface area contributed by atoms with Crippen LogP contribution in [0.3, 0.4) is 0 Å². The second kappa shape index (κ2) is 8.53. The number of unbranched alkanes of at least 4 members (excludes halogenated alkanes) is 1. The van der Waals surface area contributed by atoms with E-state index < -0.39 is 16.0 Å². The Morgan fingerprint density at radius 2 is 1.68 bits per heavy atom. The van der Waals surface area contributed by atoms with Gasteiger partial charge in [-0.3, -0.25) is 4.72 Å². The van der Waals surface area contributed by atoms with Gasteiger partial charge in [0.1, 0.15) is 5.75 Å². The van der Waals surface area contributed by atoms with E-state index in [1.54, 1.807) is 12.1 Å². The van der Waals surface area contributed by atoms with Crippen molar-refractivity contribution in [1.82, 2.24) is 0 Å². The fraction of sp³-hybridized carbons (Fsp3) is 0.278. The molecule has 0 aromatic heterocycles. The van der Waals surface area contributed by atoms with Gasteiger partial charge in [0.25, 0.3) is 10.0 Å². The molecule has 0 saturated carbocycles. The maximum absolute atomic E-state index is 12.4. The van der Waals surface area contributed by atoms with E-state index in [1.165, 1.54) is 43.5 Å². The number of hydrogen-bond donors (Lipinski definition) is 1. The first-order chi connectivity index (χ1) is 12.0. The molecule has 25 heavy (non-hydrogen) atoms. The summed E-state index contributed by atoms with van der Waals surface area (Å²) in [5, 5.41) is 0. The lowest BCUT2D eigenvalue weighted by Crippen LogP contribution is -2.13. The van der Waals surface area contributed by atoms with E-state index in [-0.39, 0.29) is 4.90 Å². The van der Waals surface area contributed by atoms with Gasteiger partial charge in [-0.2, -0.15) is 0 Å². The molecule has 0 aliphatic rings. The summed E-state index contributed by atoms with van der Waals surface area (Å²) in [7, 11) is -2.20. The van der Waals surface area contributed by atoms with E-state index in [0.29, 0.717) is 23.6 Å². The third-order valence-electron chi connectivity index (χ3n) is 3.47. The lowest BCUT2D eigenvalue weighted by Gasteiger charge is -2.09. The van der Waals surface area contributed by atoms with Crippen LogP contribution in [-0.4, -0.2) is 28.1 Å². The smallest absolute Gasteiger partial charge is 0.338 e. The molecular weight excluding hydrogens is 342 g/mol. The fourth-order valence-electron chi connectivity index (χ4n) is 2.04. The Kier molecular flexibility index (Phi) is 6.41. The van der Waals surface area contributed by atoms with Crippen LogP contribution in [0.1, 0.15) is 30.1 Å². The van der Waals surface area contributed by atoms with Gasteiger partial charge in [0, 0.05) is 5.69 Å². The van der Waals surface area contributed by atoms with Crippen LogP contribution in [0.4, 0.5) is 5.69 Å². The minimum atomic E-state index is -3.71. The zero-order chi connectivity index (χ0) is 18.3. The SMILES string of the molecule is CCCCOC(=O)c1ccc(NS(=O)(=O)c2ccc(OC)cc2)cc1. The third-order valence-corrected chi connectivity index (χ3v) is 4.87. The Morgan fingerprint density at radius 3 is 2.24 bits per heavy atom. The standard InChI is InChI=1S/C18H21NO5S/c1-3-4-13-24-18(20)14-5-7-15(8-6-14)19-25(21,22)17-11-9-16(23-2)10-12-17/h5-12,19H,3-4,13H2,1-2H3. The van der Waals surface area contributed by atoms with Crippen molar-refractivity contribution >= 4 is 21.7 Å². The fourth-order valence-corrected chi connectivity index (χ4v) is 3.09. The second-order valence-corrected chi connectivity index (χ2v) is 7.03. The summed E-state index contributed by atoms with van der Waals surface area (Å²) in [5.74, 6) is 0.155. The van der Waals surface area contributed by atoms with Crippen LogP contribution in [0.5, 0.6) is 5.75 Å². The number of esters is 1. The molecule has 2 rings (SSSR count). The van der Waals surface area contributed by atoms with E-state index in [9.17, 15) is 13.2 Å². The molecular formula is C18H21NO5S. The lowest BCUT2D eigenvalue weighted by atomic mass is 10.2. The summed E-state index contributed by atoms with van der Waals surface area (Å²) >= 11 is 0. The molecule has 0 heterocycles. The van der Waals surface area contributed by atoms with Crippen molar-refractivity contribution < 1.29 is 22.7 Å². The highest BCUT2D eigenvalue weighted by atomic mass is 32.2. The first kappa shape index (κ1) is 18.8. The van der Waals surface area contributed by atoms with E-state index in [4.69, 9.17) is 9.47 Å². The zero-order valence-electron chi connectivity index (χ0n) is 14.2. The van der Waals surface area contributed by atoms with E-state index >= 15 is 0 Å². The Labute approximate surface area is 147 Å². The minimum absolute atomic E-state index is 0.122. The molecule has 0 fully saturated rings. The Balaban J connectivity index is 2.05. The number of hydrogen-bond acceptors (Lipinski definition) is 5.